The second kappa shape index (κ2) is 4.19. The summed E-state index contributed by atoms with van der Waals surface area (Å²) < 4.78 is 5.33. The van der Waals surface area contributed by atoms with E-state index >= 15 is 0 Å². The molecule has 1 aliphatic rings. The number of halogens is 1. The van der Waals surface area contributed by atoms with Crippen molar-refractivity contribution in [2.24, 2.45) is 11.7 Å². The average Bonchev–Trinajstić information content (AvgIpc) is 2.77. The van der Waals surface area contributed by atoms with Gasteiger partial charge in [0.15, 0.2) is 0 Å². The van der Waals surface area contributed by atoms with E-state index in [0.29, 0.717) is 5.92 Å². The molecule has 2 atom stereocenters. The van der Waals surface area contributed by atoms with Crippen LogP contribution in [0, 0.1) is 12.8 Å². The molecule has 2 N–H and O–H groups in total. The molecule has 0 aromatic carbocycles. The normalized spacial score (nSPS) is 24.1. The molecule has 0 saturated carbocycles. The van der Waals surface area contributed by atoms with Gasteiger partial charge in [0.25, 0.3) is 0 Å². The lowest BCUT2D eigenvalue weighted by Gasteiger charge is -2.16. The molecule has 14 heavy (non-hydrogen) atoms. The van der Waals surface area contributed by atoms with Crippen LogP contribution in [0.4, 0.5) is 0 Å². The zero-order valence-electron chi connectivity index (χ0n) is 8.13. The van der Waals surface area contributed by atoms with Crippen molar-refractivity contribution in [3.63, 3.8) is 0 Å². The second-order valence-electron chi connectivity index (χ2n) is 3.75. The molecule has 1 saturated heterocycles. The first-order valence-corrected chi connectivity index (χ1v) is 6.02. The zero-order chi connectivity index (χ0) is 10.1. The van der Waals surface area contributed by atoms with E-state index in [1.54, 1.807) is 11.3 Å². The molecule has 0 aliphatic carbocycles. The first-order chi connectivity index (χ1) is 6.70. The van der Waals surface area contributed by atoms with Crippen molar-refractivity contribution < 1.29 is 4.74 Å². The van der Waals surface area contributed by atoms with Crippen LogP contribution in [0.5, 0.6) is 0 Å². The molecule has 0 bridgehead atoms. The fourth-order valence-corrected chi connectivity index (χ4v) is 3.14. The smallest absolute Gasteiger partial charge is 0.0590 e. The molecule has 1 aromatic rings. The van der Waals surface area contributed by atoms with Crippen LogP contribution in [0.25, 0.3) is 0 Å². The van der Waals surface area contributed by atoms with E-state index in [4.69, 9.17) is 22.1 Å². The van der Waals surface area contributed by atoms with Gasteiger partial charge in [0.1, 0.15) is 0 Å². The molecule has 2 heterocycles. The molecule has 2 rings (SSSR count). The highest BCUT2D eigenvalue weighted by Gasteiger charge is 2.26. The van der Waals surface area contributed by atoms with Crippen molar-refractivity contribution in [2.45, 2.75) is 19.4 Å². The topological polar surface area (TPSA) is 35.2 Å². The zero-order valence-corrected chi connectivity index (χ0v) is 9.70. The molecular formula is C10H14ClNOS. The van der Waals surface area contributed by atoms with Gasteiger partial charge in [0, 0.05) is 23.4 Å². The van der Waals surface area contributed by atoms with Gasteiger partial charge < -0.3 is 10.5 Å². The Labute approximate surface area is 93.0 Å². The van der Waals surface area contributed by atoms with Crippen LogP contribution >= 0.6 is 22.9 Å². The van der Waals surface area contributed by atoms with E-state index in [0.717, 1.165) is 35.1 Å². The van der Waals surface area contributed by atoms with Gasteiger partial charge in [-0.1, -0.05) is 11.6 Å². The molecule has 1 fully saturated rings. The Morgan fingerprint density at radius 2 is 2.50 bits per heavy atom. The molecule has 0 radical (unpaired) electrons. The lowest BCUT2D eigenvalue weighted by molar-refractivity contribution is 0.181. The van der Waals surface area contributed by atoms with Crippen molar-refractivity contribution in [3.05, 3.63) is 20.8 Å². The van der Waals surface area contributed by atoms with E-state index in [9.17, 15) is 0 Å². The van der Waals surface area contributed by atoms with E-state index in [2.05, 4.69) is 5.38 Å². The molecule has 0 amide bonds. The Kier molecular flexibility index (Phi) is 3.12. The Balaban J connectivity index is 2.17. The number of ether oxygens (including phenoxy) is 1. The summed E-state index contributed by atoms with van der Waals surface area (Å²) in [6.45, 7) is 3.62. The van der Waals surface area contributed by atoms with Crippen molar-refractivity contribution >= 4 is 22.9 Å². The summed E-state index contributed by atoms with van der Waals surface area (Å²) in [5.74, 6) is 0.436. The highest BCUT2D eigenvalue weighted by atomic mass is 35.5. The van der Waals surface area contributed by atoms with Crippen molar-refractivity contribution in [1.82, 2.24) is 0 Å². The van der Waals surface area contributed by atoms with Crippen LogP contribution in [0.3, 0.4) is 0 Å². The third-order valence-corrected chi connectivity index (χ3v) is 4.52. The third-order valence-electron chi connectivity index (χ3n) is 2.70. The molecule has 78 valence electrons. The molecular weight excluding hydrogens is 218 g/mol. The van der Waals surface area contributed by atoms with Crippen LogP contribution in [0.1, 0.15) is 22.9 Å². The van der Waals surface area contributed by atoms with E-state index < -0.39 is 0 Å². The van der Waals surface area contributed by atoms with Crippen molar-refractivity contribution in [1.29, 1.82) is 0 Å². The first-order valence-electron chi connectivity index (χ1n) is 4.77. The highest BCUT2D eigenvalue weighted by Crippen LogP contribution is 2.36. The summed E-state index contributed by atoms with van der Waals surface area (Å²) in [5.41, 5.74) is 7.29. The van der Waals surface area contributed by atoms with Gasteiger partial charge in [-0.05, 0) is 24.3 Å². The summed E-state index contributed by atoms with van der Waals surface area (Å²) in [7, 11) is 0. The maximum atomic E-state index is 6.17. The van der Waals surface area contributed by atoms with Crippen LogP contribution in [-0.4, -0.2) is 13.2 Å². The Morgan fingerprint density at radius 1 is 1.71 bits per heavy atom. The SMILES string of the molecule is Cc1csc(C(N)C2CCOC2)c1Cl. The van der Waals surface area contributed by atoms with Gasteiger partial charge in [-0.2, -0.15) is 0 Å². The quantitative estimate of drug-likeness (QED) is 0.850. The van der Waals surface area contributed by atoms with E-state index in [1.165, 1.54) is 0 Å². The number of aryl methyl sites for hydroxylation is 1. The van der Waals surface area contributed by atoms with E-state index in [-0.39, 0.29) is 6.04 Å². The predicted molar refractivity (Wildman–Crippen MR) is 59.9 cm³/mol. The van der Waals surface area contributed by atoms with Gasteiger partial charge in [0.2, 0.25) is 0 Å². The van der Waals surface area contributed by atoms with Crippen molar-refractivity contribution in [2.75, 3.05) is 13.2 Å². The second-order valence-corrected chi connectivity index (χ2v) is 5.04. The number of nitrogens with two attached hydrogens (primary N) is 1. The lowest BCUT2D eigenvalue weighted by atomic mass is 9.98. The summed E-state index contributed by atoms with van der Waals surface area (Å²) >= 11 is 7.83. The molecule has 1 aliphatic heterocycles. The minimum Gasteiger partial charge on any atom is -0.381 e. The number of hydrogen-bond acceptors (Lipinski definition) is 3. The van der Waals surface area contributed by atoms with Gasteiger partial charge >= 0.3 is 0 Å². The summed E-state index contributed by atoms with van der Waals surface area (Å²) in [6, 6.07) is 0.0451. The Bertz CT molecular complexity index is 320. The summed E-state index contributed by atoms with van der Waals surface area (Å²) in [5, 5.41) is 2.90. The van der Waals surface area contributed by atoms with Crippen LogP contribution in [0.15, 0.2) is 5.38 Å². The molecule has 0 spiro atoms. The van der Waals surface area contributed by atoms with Gasteiger partial charge in [-0.15, -0.1) is 11.3 Å². The standard InChI is InChI=1S/C10H14ClNOS/c1-6-5-14-10(8(6)11)9(12)7-2-3-13-4-7/h5,7,9H,2-4,12H2,1H3. The highest BCUT2D eigenvalue weighted by molar-refractivity contribution is 7.10. The largest absolute Gasteiger partial charge is 0.381 e. The monoisotopic (exact) mass is 231 g/mol. The molecule has 2 nitrogen and oxygen atoms in total. The average molecular weight is 232 g/mol. The first kappa shape index (κ1) is 10.4. The van der Waals surface area contributed by atoms with Crippen LogP contribution in [-0.2, 0) is 4.74 Å². The Morgan fingerprint density at radius 3 is 3.00 bits per heavy atom. The summed E-state index contributed by atoms with van der Waals surface area (Å²) in [6.07, 6.45) is 1.05. The van der Waals surface area contributed by atoms with Crippen LogP contribution in [0.2, 0.25) is 5.02 Å². The van der Waals surface area contributed by atoms with Crippen molar-refractivity contribution in [3.8, 4) is 0 Å². The number of hydrogen-bond donors (Lipinski definition) is 1. The fraction of sp³-hybridized carbons (Fsp3) is 0.600. The maximum absolute atomic E-state index is 6.17. The van der Waals surface area contributed by atoms with Gasteiger partial charge in [0.05, 0.1) is 11.6 Å². The molecule has 1 aromatic heterocycles. The number of thiophene rings is 1. The predicted octanol–water partition coefficient (Wildman–Crippen LogP) is 2.75. The Hall–Kier alpha value is -0.0900. The summed E-state index contributed by atoms with van der Waals surface area (Å²) in [4.78, 5) is 1.11. The fourth-order valence-electron chi connectivity index (χ4n) is 1.72. The van der Waals surface area contributed by atoms with E-state index in [1.807, 2.05) is 6.92 Å². The minimum atomic E-state index is 0.0451. The number of rotatable bonds is 2. The van der Waals surface area contributed by atoms with Crippen LogP contribution < -0.4 is 5.73 Å². The molecule has 2 unspecified atom stereocenters. The lowest BCUT2D eigenvalue weighted by Crippen LogP contribution is -2.20. The maximum Gasteiger partial charge on any atom is 0.0590 e. The third kappa shape index (κ3) is 1.82. The van der Waals surface area contributed by atoms with Gasteiger partial charge in [-0.25, -0.2) is 0 Å². The van der Waals surface area contributed by atoms with Gasteiger partial charge in [-0.3, -0.25) is 0 Å². The molecule has 4 heteroatoms. The minimum absolute atomic E-state index is 0.0451.